The number of ether oxygens (including phenoxy) is 4. The van der Waals surface area contributed by atoms with Gasteiger partial charge < -0.3 is 29.0 Å². The molecule has 8 heteroatoms. The van der Waals surface area contributed by atoms with Crippen molar-refractivity contribution < 1.29 is 33.6 Å². The van der Waals surface area contributed by atoms with Crippen molar-refractivity contribution in [2.24, 2.45) is 0 Å². The molecule has 2 heterocycles. The predicted molar refractivity (Wildman–Crippen MR) is 160 cm³/mol. The van der Waals surface area contributed by atoms with Crippen LogP contribution in [0.5, 0.6) is 23.0 Å². The summed E-state index contributed by atoms with van der Waals surface area (Å²) in [5.41, 5.74) is 2.79. The maximum absolute atomic E-state index is 13.6. The Kier molecular flexibility index (Phi) is 8.00. The fourth-order valence-corrected chi connectivity index (χ4v) is 5.33. The summed E-state index contributed by atoms with van der Waals surface area (Å²) in [6, 6.07) is 28.6. The Balaban J connectivity index is 1.43. The van der Waals surface area contributed by atoms with E-state index in [1.807, 2.05) is 67.6 Å². The van der Waals surface area contributed by atoms with Gasteiger partial charge in [0, 0.05) is 12.1 Å². The van der Waals surface area contributed by atoms with E-state index in [4.69, 9.17) is 18.9 Å². The van der Waals surface area contributed by atoms with Crippen molar-refractivity contribution in [2.45, 2.75) is 26.1 Å². The third kappa shape index (κ3) is 5.77. The van der Waals surface area contributed by atoms with Gasteiger partial charge in [0.05, 0.1) is 18.2 Å². The number of carbonyl (C=O) groups excluding carboxylic acids is 2. The van der Waals surface area contributed by atoms with Gasteiger partial charge in [0.2, 0.25) is 0 Å². The molecule has 0 spiro atoms. The van der Waals surface area contributed by atoms with Gasteiger partial charge >= 0.3 is 0 Å². The average Bonchev–Trinajstić information content (AvgIpc) is 3.29. The topological polar surface area (TPSA) is 94.5 Å². The molecule has 1 atom stereocenters. The molecule has 1 amide bonds. The third-order valence-corrected chi connectivity index (χ3v) is 7.37. The normalized spacial score (nSPS) is 17.1. The highest BCUT2D eigenvalue weighted by Gasteiger charge is 2.46. The Bertz CT molecular complexity index is 1670. The molecule has 2 aliphatic heterocycles. The standard InChI is InChI=1S/C35H31NO7/c1-2-40-29-19-25(13-15-28(29)43-22-24-11-7-4-8-12-24)32-31(33(37)26-14-16-27-30(20-26)42-18-17-41-27)34(38)35(39)36(32)21-23-9-5-3-6-10-23/h3-16,19-20,32,37H,2,17-18,21-22H2,1H3/t32-/m1/s1. The summed E-state index contributed by atoms with van der Waals surface area (Å²) in [6.45, 7) is 3.57. The Labute approximate surface area is 249 Å². The number of rotatable bonds is 9. The third-order valence-electron chi connectivity index (χ3n) is 7.37. The van der Waals surface area contributed by atoms with E-state index in [0.717, 1.165) is 11.1 Å². The Morgan fingerprint density at radius 2 is 1.51 bits per heavy atom. The van der Waals surface area contributed by atoms with Gasteiger partial charge in [0.15, 0.2) is 23.0 Å². The van der Waals surface area contributed by atoms with Crippen LogP contribution in [0, 0.1) is 0 Å². The molecule has 1 fully saturated rings. The second kappa shape index (κ2) is 12.3. The van der Waals surface area contributed by atoms with E-state index in [-0.39, 0.29) is 17.9 Å². The van der Waals surface area contributed by atoms with E-state index >= 15 is 0 Å². The summed E-state index contributed by atoms with van der Waals surface area (Å²) in [7, 11) is 0. The maximum atomic E-state index is 13.6. The first-order chi connectivity index (χ1) is 21.0. The molecular weight excluding hydrogens is 546 g/mol. The van der Waals surface area contributed by atoms with E-state index in [1.165, 1.54) is 4.90 Å². The number of likely N-dealkylation sites (tertiary alicyclic amines) is 1. The Morgan fingerprint density at radius 3 is 2.23 bits per heavy atom. The lowest BCUT2D eigenvalue weighted by Gasteiger charge is -2.26. The molecule has 6 rings (SSSR count). The number of Topliss-reactive ketones (excluding diaryl/α,β-unsaturated/α-hetero) is 1. The average molecular weight is 578 g/mol. The molecule has 0 aliphatic carbocycles. The highest BCUT2D eigenvalue weighted by Crippen LogP contribution is 2.44. The molecule has 4 aromatic carbocycles. The van der Waals surface area contributed by atoms with Gasteiger partial charge in [-0.05, 0) is 53.9 Å². The zero-order valence-electron chi connectivity index (χ0n) is 23.7. The molecule has 218 valence electrons. The number of benzene rings is 4. The summed E-state index contributed by atoms with van der Waals surface area (Å²) in [5, 5.41) is 11.6. The number of carbonyl (C=O) groups is 2. The predicted octanol–water partition coefficient (Wildman–Crippen LogP) is 6.06. The molecule has 0 saturated carbocycles. The number of hydrogen-bond acceptors (Lipinski definition) is 7. The molecule has 0 radical (unpaired) electrons. The van der Waals surface area contributed by atoms with Crippen LogP contribution in [0.15, 0.2) is 103 Å². The fourth-order valence-electron chi connectivity index (χ4n) is 5.33. The van der Waals surface area contributed by atoms with Gasteiger partial charge in [-0.3, -0.25) is 9.59 Å². The van der Waals surface area contributed by atoms with Crippen LogP contribution in [0.1, 0.15) is 35.2 Å². The Morgan fingerprint density at radius 1 is 0.814 bits per heavy atom. The summed E-state index contributed by atoms with van der Waals surface area (Å²) >= 11 is 0. The van der Waals surface area contributed by atoms with Gasteiger partial charge in [0.1, 0.15) is 25.6 Å². The van der Waals surface area contributed by atoms with Crippen molar-refractivity contribution in [1.82, 2.24) is 4.90 Å². The number of aliphatic hydroxyl groups excluding tert-OH is 1. The van der Waals surface area contributed by atoms with Crippen LogP contribution >= 0.6 is 0 Å². The van der Waals surface area contributed by atoms with Crippen LogP contribution in [0.3, 0.4) is 0 Å². The van der Waals surface area contributed by atoms with Crippen LogP contribution in [0.25, 0.3) is 5.76 Å². The van der Waals surface area contributed by atoms with E-state index in [1.54, 1.807) is 36.4 Å². The van der Waals surface area contributed by atoms with Gasteiger partial charge in [-0.15, -0.1) is 0 Å². The van der Waals surface area contributed by atoms with Gasteiger partial charge in [-0.2, -0.15) is 0 Å². The Hall–Kier alpha value is -5.24. The highest BCUT2D eigenvalue weighted by molar-refractivity contribution is 6.46. The van der Waals surface area contributed by atoms with Crippen LogP contribution in [0.2, 0.25) is 0 Å². The van der Waals surface area contributed by atoms with Crippen LogP contribution in [-0.2, 0) is 22.7 Å². The molecule has 1 saturated heterocycles. The first-order valence-corrected chi connectivity index (χ1v) is 14.2. The molecular formula is C35H31NO7. The second-order valence-electron chi connectivity index (χ2n) is 10.2. The van der Waals surface area contributed by atoms with Crippen molar-refractivity contribution in [3.8, 4) is 23.0 Å². The molecule has 0 unspecified atom stereocenters. The van der Waals surface area contributed by atoms with E-state index in [2.05, 4.69) is 0 Å². The minimum absolute atomic E-state index is 0.0157. The zero-order chi connectivity index (χ0) is 29.8. The lowest BCUT2D eigenvalue weighted by Crippen LogP contribution is -2.29. The van der Waals surface area contributed by atoms with E-state index in [9.17, 15) is 14.7 Å². The van der Waals surface area contributed by atoms with E-state index in [0.29, 0.717) is 60.6 Å². The monoisotopic (exact) mass is 577 g/mol. The first kappa shape index (κ1) is 27.9. The lowest BCUT2D eigenvalue weighted by molar-refractivity contribution is -0.140. The van der Waals surface area contributed by atoms with Gasteiger partial charge in [-0.25, -0.2) is 0 Å². The second-order valence-corrected chi connectivity index (χ2v) is 10.2. The molecule has 8 nitrogen and oxygen atoms in total. The van der Waals surface area contributed by atoms with Gasteiger partial charge in [0.25, 0.3) is 11.7 Å². The fraction of sp³-hybridized carbons (Fsp3) is 0.200. The number of aliphatic hydroxyl groups is 1. The van der Waals surface area contributed by atoms with Crippen molar-refractivity contribution in [3.05, 3.63) is 125 Å². The summed E-state index contributed by atoms with van der Waals surface area (Å²) < 4.78 is 23.4. The molecule has 0 bridgehead atoms. The summed E-state index contributed by atoms with van der Waals surface area (Å²) in [4.78, 5) is 28.6. The first-order valence-electron chi connectivity index (χ1n) is 14.2. The summed E-state index contributed by atoms with van der Waals surface area (Å²) in [6.07, 6.45) is 0. The molecule has 4 aromatic rings. The largest absolute Gasteiger partial charge is 0.507 e. The minimum atomic E-state index is -0.879. The quantitative estimate of drug-likeness (QED) is 0.147. The van der Waals surface area contributed by atoms with Crippen LogP contribution in [-0.4, -0.2) is 41.5 Å². The van der Waals surface area contributed by atoms with Gasteiger partial charge in [-0.1, -0.05) is 66.7 Å². The van der Waals surface area contributed by atoms with Crippen molar-refractivity contribution in [2.75, 3.05) is 19.8 Å². The number of hydrogen-bond donors (Lipinski definition) is 1. The number of fused-ring (bicyclic) bond motifs is 1. The molecule has 1 N–H and O–H groups in total. The smallest absolute Gasteiger partial charge is 0.295 e. The van der Waals surface area contributed by atoms with Crippen LogP contribution in [0.4, 0.5) is 0 Å². The summed E-state index contributed by atoms with van der Waals surface area (Å²) in [5.74, 6) is 0.256. The van der Waals surface area contributed by atoms with E-state index < -0.39 is 17.7 Å². The molecule has 43 heavy (non-hydrogen) atoms. The molecule has 2 aliphatic rings. The van der Waals surface area contributed by atoms with Crippen molar-refractivity contribution >= 4 is 17.4 Å². The highest BCUT2D eigenvalue weighted by atomic mass is 16.6. The number of nitrogens with zero attached hydrogens (tertiary/aromatic N) is 1. The van der Waals surface area contributed by atoms with Crippen molar-refractivity contribution in [3.63, 3.8) is 0 Å². The van der Waals surface area contributed by atoms with Crippen LogP contribution < -0.4 is 18.9 Å². The number of amides is 1. The lowest BCUT2D eigenvalue weighted by atomic mass is 9.94. The zero-order valence-corrected chi connectivity index (χ0v) is 23.7. The minimum Gasteiger partial charge on any atom is -0.507 e. The molecule has 0 aromatic heterocycles. The SMILES string of the molecule is CCOc1cc([C@@H]2C(=C(O)c3ccc4c(c3)OCCO4)C(=O)C(=O)N2Cc2ccccc2)ccc1OCc1ccccc1. The maximum Gasteiger partial charge on any atom is 0.295 e. The number of ketones is 1. The van der Waals surface area contributed by atoms with Crippen molar-refractivity contribution in [1.29, 1.82) is 0 Å².